The summed E-state index contributed by atoms with van der Waals surface area (Å²) in [5.74, 6) is 0. The number of rotatable bonds is 9. The molecule has 13 heavy (non-hydrogen) atoms. The summed E-state index contributed by atoms with van der Waals surface area (Å²) >= 11 is 0. The minimum Gasteiger partial charge on any atom is -0.396 e. The maximum absolute atomic E-state index is 8.77. The van der Waals surface area contributed by atoms with Crippen molar-refractivity contribution >= 4 is 0 Å². The summed E-state index contributed by atoms with van der Waals surface area (Å²) in [4.78, 5) is 2.18. The molecule has 0 aromatic carbocycles. The van der Waals surface area contributed by atoms with Crippen molar-refractivity contribution in [2.75, 3.05) is 39.4 Å². The third kappa shape index (κ3) is 8.18. The van der Waals surface area contributed by atoms with Gasteiger partial charge in [0.15, 0.2) is 0 Å². The van der Waals surface area contributed by atoms with E-state index in [1.165, 1.54) is 0 Å². The standard InChI is InChI=1S/C9H22N2O2/c10-4-3-6-11(7-9-13)5-1-2-8-12/h12-13H,1-10H2. The van der Waals surface area contributed by atoms with Crippen molar-refractivity contribution in [3.63, 3.8) is 0 Å². The Labute approximate surface area is 80.3 Å². The van der Waals surface area contributed by atoms with Crippen molar-refractivity contribution in [2.45, 2.75) is 19.3 Å². The van der Waals surface area contributed by atoms with Gasteiger partial charge in [-0.3, -0.25) is 0 Å². The Hall–Kier alpha value is -0.160. The highest BCUT2D eigenvalue weighted by atomic mass is 16.3. The zero-order chi connectivity index (χ0) is 9.94. The Balaban J connectivity index is 3.41. The molecule has 0 bridgehead atoms. The third-order valence-corrected chi connectivity index (χ3v) is 1.98. The van der Waals surface area contributed by atoms with Crippen LogP contribution < -0.4 is 5.73 Å². The molecule has 0 fully saturated rings. The molecule has 0 unspecified atom stereocenters. The average molecular weight is 190 g/mol. The number of nitrogens with zero attached hydrogens (tertiary/aromatic N) is 1. The summed E-state index contributed by atoms with van der Waals surface area (Å²) in [7, 11) is 0. The molecule has 0 aliphatic heterocycles. The van der Waals surface area contributed by atoms with Crippen LogP contribution in [0.15, 0.2) is 0 Å². The Kier molecular flexibility index (Phi) is 9.80. The van der Waals surface area contributed by atoms with E-state index in [1.54, 1.807) is 0 Å². The Morgan fingerprint density at radius 1 is 0.846 bits per heavy atom. The Morgan fingerprint density at radius 2 is 1.54 bits per heavy atom. The molecule has 0 aromatic rings. The topological polar surface area (TPSA) is 69.7 Å². The second-order valence-corrected chi connectivity index (χ2v) is 3.14. The fraction of sp³-hybridized carbons (Fsp3) is 1.00. The van der Waals surface area contributed by atoms with Crippen LogP contribution in [0, 0.1) is 0 Å². The quantitative estimate of drug-likeness (QED) is 0.425. The normalized spacial score (nSPS) is 11.1. The van der Waals surface area contributed by atoms with Gasteiger partial charge in [-0.2, -0.15) is 0 Å². The molecule has 0 saturated carbocycles. The number of hydrogen-bond acceptors (Lipinski definition) is 4. The summed E-state index contributed by atoms with van der Waals surface area (Å²) in [6, 6.07) is 0. The minimum absolute atomic E-state index is 0.198. The van der Waals surface area contributed by atoms with Gasteiger partial charge in [-0.05, 0) is 38.9 Å². The molecule has 0 rings (SSSR count). The van der Waals surface area contributed by atoms with E-state index >= 15 is 0 Å². The largest absolute Gasteiger partial charge is 0.396 e. The van der Waals surface area contributed by atoms with Crippen molar-refractivity contribution < 1.29 is 10.2 Å². The molecule has 0 saturated heterocycles. The van der Waals surface area contributed by atoms with Crippen molar-refractivity contribution in [1.29, 1.82) is 0 Å². The van der Waals surface area contributed by atoms with E-state index in [9.17, 15) is 0 Å². The van der Waals surface area contributed by atoms with E-state index in [1.807, 2.05) is 0 Å². The van der Waals surface area contributed by atoms with Crippen molar-refractivity contribution in [3.8, 4) is 0 Å². The van der Waals surface area contributed by atoms with Crippen LogP contribution >= 0.6 is 0 Å². The fourth-order valence-corrected chi connectivity index (χ4v) is 1.24. The molecule has 0 spiro atoms. The number of nitrogens with two attached hydrogens (primary N) is 1. The number of unbranched alkanes of at least 4 members (excludes halogenated alkanes) is 1. The molecule has 4 nitrogen and oxygen atoms in total. The van der Waals surface area contributed by atoms with Crippen molar-refractivity contribution in [3.05, 3.63) is 0 Å². The highest BCUT2D eigenvalue weighted by Gasteiger charge is 2.02. The van der Waals surface area contributed by atoms with Crippen molar-refractivity contribution in [2.24, 2.45) is 5.73 Å². The molecule has 0 aliphatic rings. The lowest BCUT2D eigenvalue weighted by molar-refractivity contribution is 0.187. The predicted molar refractivity (Wildman–Crippen MR) is 53.5 cm³/mol. The van der Waals surface area contributed by atoms with Gasteiger partial charge in [0.2, 0.25) is 0 Å². The summed E-state index contributed by atoms with van der Waals surface area (Å²) < 4.78 is 0. The lowest BCUT2D eigenvalue weighted by Crippen LogP contribution is -2.30. The average Bonchev–Trinajstić information content (AvgIpc) is 2.14. The lowest BCUT2D eigenvalue weighted by Gasteiger charge is -2.20. The van der Waals surface area contributed by atoms with Gasteiger partial charge in [0.25, 0.3) is 0 Å². The van der Waals surface area contributed by atoms with E-state index in [4.69, 9.17) is 15.9 Å². The summed E-state index contributed by atoms with van der Waals surface area (Å²) in [5.41, 5.74) is 5.40. The van der Waals surface area contributed by atoms with Crippen LogP contribution in [0.2, 0.25) is 0 Å². The first-order valence-electron chi connectivity index (χ1n) is 4.99. The summed E-state index contributed by atoms with van der Waals surface area (Å²) in [5, 5.41) is 17.4. The van der Waals surface area contributed by atoms with Crippen LogP contribution in [0.25, 0.3) is 0 Å². The predicted octanol–water partition coefficient (Wildman–Crippen LogP) is -0.598. The third-order valence-electron chi connectivity index (χ3n) is 1.98. The zero-order valence-corrected chi connectivity index (χ0v) is 8.28. The van der Waals surface area contributed by atoms with Crippen LogP contribution in [0.1, 0.15) is 19.3 Å². The second-order valence-electron chi connectivity index (χ2n) is 3.14. The molecule has 0 aliphatic carbocycles. The first kappa shape index (κ1) is 12.8. The van der Waals surface area contributed by atoms with Crippen LogP contribution in [0.4, 0.5) is 0 Å². The number of aliphatic hydroxyl groups excluding tert-OH is 2. The van der Waals surface area contributed by atoms with E-state index in [0.29, 0.717) is 13.1 Å². The van der Waals surface area contributed by atoms with Crippen LogP contribution in [0.3, 0.4) is 0 Å². The van der Waals surface area contributed by atoms with Gasteiger partial charge in [-0.1, -0.05) is 0 Å². The minimum atomic E-state index is 0.198. The van der Waals surface area contributed by atoms with E-state index in [-0.39, 0.29) is 13.2 Å². The Morgan fingerprint density at radius 3 is 2.08 bits per heavy atom. The highest BCUT2D eigenvalue weighted by Crippen LogP contribution is 1.95. The number of hydrogen-bond donors (Lipinski definition) is 3. The SMILES string of the molecule is NCCCN(CCO)CCCCO. The lowest BCUT2D eigenvalue weighted by atomic mass is 10.3. The smallest absolute Gasteiger partial charge is 0.0558 e. The first-order valence-corrected chi connectivity index (χ1v) is 4.99. The van der Waals surface area contributed by atoms with Crippen LogP contribution in [-0.2, 0) is 0 Å². The van der Waals surface area contributed by atoms with Gasteiger partial charge in [0.1, 0.15) is 0 Å². The van der Waals surface area contributed by atoms with Gasteiger partial charge >= 0.3 is 0 Å². The summed E-state index contributed by atoms with van der Waals surface area (Å²) in [6.45, 7) is 3.75. The van der Waals surface area contributed by atoms with Crippen LogP contribution in [0.5, 0.6) is 0 Å². The highest BCUT2D eigenvalue weighted by molar-refractivity contribution is 4.57. The Bertz CT molecular complexity index is 102. The molecule has 4 N–H and O–H groups in total. The molecular weight excluding hydrogens is 168 g/mol. The van der Waals surface area contributed by atoms with E-state index in [0.717, 1.165) is 32.4 Å². The van der Waals surface area contributed by atoms with Crippen LogP contribution in [-0.4, -0.2) is 54.5 Å². The molecule has 0 amide bonds. The van der Waals surface area contributed by atoms with Gasteiger partial charge in [0.05, 0.1) is 6.61 Å². The van der Waals surface area contributed by atoms with E-state index < -0.39 is 0 Å². The molecule has 0 atom stereocenters. The molecule has 0 radical (unpaired) electrons. The molecular formula is C9H22N2O2. The zero-order valence-electron chi connectivity index (χ0n) is 8.28. The second kappa shape index (κ2) is 9.92. The maximum atomic E-state index is 8.77. The van der Waals surface area contributed by atoms with Gasteiger partial charge < -0.3 is 20.8 Å². The van der Waals surface area contributed by atoms with Crippen molar-refractivity contribution in [1.82, 2.24) is 4.90 Å². The van der Waals surface area contributed by atoms with E-state index in [2.05, 4.69) is 4.90 Å². The fourth-order valence-electron chi connectivity index (χ4n) is 1.24. The van der Waals surface area contributed by atoms with Gasteiger partial charge in [-0.15, -0.1) is 0 Å². The molecule has 80 valence electrons. The molecule has 0 heterocycles. The van der Waals surface area contributed by atoms with Gasteiger partial charge in [0, 0.05) is 13.2 Å². The maximum Gasteiger partial charge on any atom is 0.0558 e. The monoisotopic (exact) mass is 190 g/mol. The molecule has 4 heteroatoms. The first-order chi connectivity index (χ1) is 6.35. The molecule has 0 aromatic heterocycles. The number of aliphatic hydroxyl groups is 2. The van der Waals surface area contributed by atoms with Gasteiger partial charge in [-0.25, -0.2) is 0 Å². The summed E-state index contributed by atoms with van der Waals surface area (Å²) in [6.07, 6.45) is 2.80.